The molecule has 0 aromatic carbocycles. The van der Waals surface area contributed by atoms with Crippen molar-refractivity contribution >= 4 is 41.3 Å². The van der Waals surface area contributed by atoms with Crippen molar-refractivity contribution in [2.24, 2.45) is 12.0 Å². The standard InChI is InChI=1S/C15H23N5S.HI/c1-11(7-14-6-5-12(2)21-14)19-15(16-3)17-8-13-9-18-20(4)10-13;/h5-6,9-11H,7-8H2,1-4H3,(H2,16,17,19);1H. The molecule has 0 spiro atoms. The molecule has 0 aliphatic rings. The normalized spacial score (nSPS) is 12.6. The van der Waals surface area contributed by atoms with E-state index < -0.39 is 0 Å². The molecule has 0 aliphatic carbocycles. The molecule has 1 unspecified atom stereocenters. The molecule has 2 rings (SSSR count). The quantitative estimate of drug-likeness (QED) is 0.433. The summed E-state index contributed by atoms with van der Waals surface area (Å²) >= 11 is 1.85. The van der Waals surface area contributed by atoms with Crippen LogP contribution in [0.15, 0.2) is 29.5 Å². The molecular weight excluding hydrogens is 409 g/mol. The summed E-state index contributed by atoms with van der Waals surface area (Å²) in [5, 5.41) is 10.9. The van der Waals surface area contributed by atoms with Crippen LogP contribution < -0.4 is 10.6 Å². The lowest BCUT2D eigenvalue weighted by Crippen LogP contribution is -2.42. The summed E-state index contributed by atoms with van der Waals surface area (Å²) in [4.78, 5) is 7.02. The van der Waals surface area contributed by atoms with Crippen LogP contribution in [0, 0.1) is 6.92 Å². The van der Waals surface area contributed by atoms with Crippen molar-refractivity contribution in [2.45, 2.75) is 32.9 Å². The van der Waals surface area contributed by atoms with E-state index in [0.29, 0.717) is 6.04 Å². The third-order valence-corrected chi connectivity index (χ3v) is 4.15. The van der Waals surface area contributed by atoms with E-state index >= 15 is 0 Å². The van der Waals surface area contributed by atoms with Gasteiger partial charge in [-0.05, 0) is 26.0 Å². The van der Waals surface area contributed by atoms with Crippen LogP contribution >= 0.6 is 35.3 Å². The Labute approximate surface area is 153 Å². The third-order valence-electron chi connectivity index (χ3n) is 3.13. The lowest BCUT2D eigenvalue weighted by molar-refractivity contribution is 0.645. The summed E-state index contributed by atoms with van der Waals surface area (Å²) in [5.41, 5.74) is 1.14. The molecule has 0 radical (unpaired) electrons. The van der Waals surface area contributed by atoms with Gasteiger partial charge in [-0.2, -0.15) is 5.10 Å². The topological polar surface area (TPSA) is 54.2 Å². The van der Waals surface area contributed by atoms with Crippen LogP contribution in [0.1, 0.15) is 22.2 Å². The molecule has 122 valence electrons. The molecule has 2 heterocycles. The van der Waals surface area contributed by atoms with E-state index in [1.165, 1.54) is 9.75 Å². The molecule has 5 nitrogen and oxygen atoms in total. The highest BCUT2D eigenvalue weighted by atomic mass is 127. The molecule has 2 aromatic rings. The van der Waals surface area contributed by atoms with Gasteiger partial charge in [-0.1, -0.05) is 0 Å². The first kappa shape index (κ1) is 19.0. The first-order valence-corrected chi connectivity index (χ1v) is 7.88. The number of rotatable bonds is 5. The Hall–Kier alpha value is -1.09. The second-order valence-corrected chi connectivity index (χ2v) is 6.58. The molecule has 7 heteroatoms. The molecule has 2 N–H and O–H groups in total. The van der Waals surface area contributed by atoms with Crippen LogP contribution in [0.5, 0.6) is 0 Å². The predicted molar refractivity (Wildman–Crippen MR) is 104 cm³/mol. The number of aliphatic imine (C=N–C) groups is 1. The molecule has 1 atom stereocenters. The molecule has 2 aromatic heterocycles. The maximum absolute atomic E-state index is 4.27. The number of aromatic nitrogens is 2. The zero-order valence-corrected chi connectivity index (χ0v) is 16.6. The van der Waals surface area contributed by atoms with Crippen molar-refractivity contribution in [3.8, 4) is 0 Å². The summed E-state index contributed by atoms with van der Waals surface area (Å²) < 4.78 is 1.80. The largest absolute Gasteiger partial charge is 0.354 e. The van der Waals surface area contributed by atoms with Gasteiger partial charge in [0.05, 0.1) is 6.20 Å². The maximum Gasteiger partial charge on any atom is 0.191 e. The van der Waals surface area contributed by atoms with Crippen molar-refractivity contribution in [1.82, 2.24) is 20.4 Å². The fourth-order valence-electron chi connectivity index (χ4n) is 2.12. The van der Waals surface area contributed by atoms with Gasteiger partial charge in [0, 0.05) is 54.6 Å². The van der Waals surface area contributed by atoms with Crippen LogP contribution in [-0.4, -0.2) is 28.8 Å². The Morgan fingerprint density at radius 2 is 2.23 bits per heavy atom. The van der Waals surface area contributed by atoms with E-state index in [4.69, 9.17) is 0 Å². The summed E-state index contributed by atoms with van der Waals surface area (Å²) in [6.45, 7) is 5.03. The lowest BCUT2D eigenvalue weighted by Gasteiger charge is -2.17. The SMILES string of the molecule is CN=C(NCc1cnn(C)c1)NC(C)Cc1ccc(C)s1.I. The average Bonchev–Trinajstić information content (AvgIpc) is 3.03. The van der Waals surface area contributed by atoms with E-state index in [2.05, 4.69) is 46.7 Å². The third kappa shape index (κ3) is 5.96. The van der Waals surface area contributed by atoms with Crippen LogP contribution in [-0.2, 0) is 20.0 Å². The zero-order valence-electron chi connectivity index (χ0n) is 13.5. The highest BCUT2D eigenvalue weighted by Crippen LogP contribution is 2.16. The highest BCUT2D eigenvalue weighted by molar-refractivity contribution is 14.0. The molecule has 0 saturated heterocycles. The van der Waals surface area contributed by atoms with Crippen LogP contribution in [0.2, 0.25) is 0 Å². The number of thiophene rings is 1. The van der Waals surface area contributed by atoms with E-state index in [9.17, 15) is 0 Å². The Kier molecular flexibility index (Phi) is 7.88. The van der Waals surface area contributed by atoms with Gasteiger partial charge in [-0.25, -0.2) is 0 Å². The first-order chi connectivity index (χ1) is 10.1. The van der Waals surface area contributed by atoms with Gasteiger partial charge in [0.1, 0.15) is 0 Å². The summed E-state index contributed by atoms with van der Waals surface area (Å²) in [6, 6.07) is 4.70. The van der Waals surface area contributed by atoms with E-state index in [-0.39, 0.29) is 24.0 Å². The zero-order chi connectivity index (χ0) is 15.2. The van der Waals surface area contributed by atoms with Gasteiger partial charge in [-0.15, -0.1) is 35.3 Å². The van der Waals surface area contributed by atoms with Crippen molar-refractivity contribution in [3.05, 3.63) is 39.8 Å². The van der Waals surface area contributed by atoms with Crippen molar-refractivity contribution < 1.29 is 0 Å². The van der Waals surface area contributed by atoms with Crippen LogP contribution in [0.3, 0.4) is 0 Å². The minimum Gasteiger partial charge on any atom is -0.354 e. The minimum absolute atomic E-state index is 0. The van der Waals surface area contributed by atoms with Crippen LogP contribution in [0.4, 0.5) is 0 Å². The van der Waals surface area contributed by atoms with Gasteiger partial charge in [-0.3, -0.25) is 9.67 Å². The Morgan fingerprint density at radius 3 is 2.77 bits per heavy atom. The molecule has 22 heavy (non-hydrogen) atoms. The second-order valence-electron chi connectivity index (χ2n) is 5.21. The summed E-state index contributed by atoms with van der Waals surface area (Å²) in [7, 11) is 3.71. The Bertz CT molecular complexity index is 605. The number of guanidine groups is 1. The molecule has 0 amide bonds. The fourth-order valence-corrected chi connectivity index (χ4v) is 3.14. The Balaban J connectivity index is 0.00000242. The fraction of sp³-hybridized carbons (Fsp3) is 0.467. The average molecular weight is 433 g/mol. The molecule has 0 bridgehead atoms. The molecule has 0 aliphatic heterocycles. The van der Waals surface area contributed by atoms with Crippen molar-refractivity contribution in [1.29, 1.82) is 0 Å². The van der Waals surface area contributed by atoms with Gasteiger partial charge >= 0.3 is 0 Å². The first-order valence-electron chi connectivity index (χ1n) is 7.07. The van der Waals surface area contributed by atoms with Gasteiger partial charge in [0.15, 0.2) is 5.96 Å². The summed E-state index contributed by atoms with van der Waals surface area (Å²) in [6.07, 6.45) is 4.86. The molecule has 0 saturated carbocycles. The van der Waals surface area contributed by atoms with E-state index in [1.807, 2.05) is 30.8 Å². The summed E-state index contributed by atoms with van der Waals surface area (Å²) in [5.74, 6) is 0.819. The number of halogens is 1. The minimum atomic E-state index is 0. The smallest absolute Gasteiger partial charge is 0.191 e. The number of nitrogens with one attached hydrogen (secondary N) is 2. The van der Waals surface area contributed by atoms with E-state index in [0.717, 1.165) is 24.5 Å². The second kappa shape index (κ2) is 9.14. The Morgan fingerprint density at radius 1 is 1.45 bits per heavy atom. The van der Waals surface area contributed by atoms with Gasteiger partial charge in [0.2, 0.25) is 0 Å². The number of aryl methyl sites for hydroxylation is 2. The lowest BCUT2D eigenvalue weighted by atomic mass is 10.2. The van der Waals surface area contributed by atoms with Gasteiger partial charge < -0.3 is 10.6 Å². The predicted octanol–water partition coefficient (Wildman–Crippen LogP) is 2.70. The monoisotopic (exact) mass is 433 g/mol. The number of nitrogens with zero attached hydrogens (tertiary/aromatic N) is 3. The van der Waals surface area contributed by atoms with E-state index in [1.54, 1.807) is 11.7 Å². The van der Waals surface area contributed by atoms with Gasteiger partial charge in [0.25, 0.3) is 0 Å². The highest BCUT2D eigenvalue weighted by Gasteiger charge is 2.08. The maximum atomic E-state index is 4.27. The van der Waals surface area contributed by atoms with Crippen LogP contribution in [0.25, 0.3) is 0 Å². The number of hydrogen-bond acceptors (Lipinski definition) is 3. The number of hydrogen-bond donors (Lipinski definition) is 2. The van der Waals surface area contributed by atoms with Crippen molar-refractivity contribution in [3.63, 3.8) is 0 Å². The molecule has 0 fully saturated rings. The van der Waals surface area contributed by atoms with Crippen molar-refractivity contribution in [2.75, 3.05) is 7.05 Å². The molecular formula is C15H24IN5S.